The van der Waals surface area contributed by atoms with Crippen LogP contribution in [0.25, 0.3) is 12.2 Å². The van der Waals surface area contributed by atoms with Crippen molar-refractivity contribution in [3.63, 3.8) is 0 Å². The lowest BCUT2D eigenvalue weighted by atomic mass is 9.96. The number of fused-ring (bicyclic) bond motifs is 3. The van der Waals surface area contributed by atoms with E-state index in [1.165, 1.54) is 17.7 Å². The van der Waals surface area contributed by atoms with Crippen molar-refractivity contribution in [3.8, 4) is 0 Å². The van der Waals surface area contributed by atoms with Crippen molar-refractivity contribution >= 4 is 63.7 Å². The molecule has 2 atom stereocenters. The minimum atomic E-state index is -1.08. The molecule has 1 amide bonds. The number of aliphatic carboxylic acids is 1. The van der Waals surface area contributed by atoms with Gasteiger partial charge in [0.25, 0.3) is 5.91 Å². The third-order valence-electron chi connectivity index (χ3n) is 6.35. The molecule has 1 saturated carbocycles. The zero-order chi connectivity index (χ0) is 22.4. The normalized spacial score (nSPS) is 23.1. The summed E-state index contributed by atoms with van der Waals surface area (Å²) in [7, 11) is 0. The first kappa shape index (κ1) is 21.0. The Labute approximate surface area is 196 Å². The minimum Gasteiger partial charge on any atom is -0.480 e. The van der Waals surface area contributed by atoms with E-state index in [-0.39, 0.29) is 10.2 Å². The molecule has 2 unspecified atom stereocenters. The fourth-order valence-corrected chi connectivity index (χ4v) is 6.22. The number of carboxylic acid groups (broad SMARTS) is 1. The Kier molecular flexibility index (Phi) is 5.39. The lowest BCUT2D eigenvalue weighted by Gasteiger charge is -2.27. The Morgan fingerprint density at radius 3 is 2.66 bits per heavy atom. The molecule has 32 heavy (non-hydrogen) atoms. The van der Waals surface area contributed by atoms with Crippen molar-refractivity contribution < 1.29 is 14.7 Å². The van der Waals surface area contributed by atoms with Gasteiger partial charge in [0.1, 0.15) is 10.9 Å². The quantitative estimate of drug-likeness (QED) is 0.487. The number of anilines is 2. The molecule has 0 spiro atoms. The van der Waals surface area contributed by atoms with Crippen LogP contribution in [0.5, 0.6) is 0 Å². The average molecular weight is 462 g/mol. The molecule has 2 fully saturated rings. The van der Waals surface area contributed by atoms with Gasteiger partial charge in [-0.3, -0.25) is 14.5 Å². The molecule has 2 aliphatic heterocycles. The molecule has 1 radical (unpaired) electrons. The second kappa shape index (κ2) is 8.22. The SMILES string of the molecule is [CH]=Cc1ccc(N2c3ccc(/C=C4\SC(=S)N(CC(=O)O)C4=O)cc3C3CCCC32)cc1. The first-order valence-corrected chi connectivity index (χ1v) is 11.7. The van der Waals surface area contributed by atoms with E-state index in [2.05, 4.69) is 29.2 Å². The number of carbonyl (C=O) groups is 2. The maximum absolute atomic E-state index is 12.6. The number of carboxylic acids is 1. The molecular formula is C25H21N2O3S2. The van der Waals surface area contributed by atoms with Crippen molar-refractivity contribution in [2.24, 2.45) is 0 Å². The van der Waals surface area contributed by atoms with Crippen LogP contribution in [0.4, 0.5) is 11.4 Å². The number of rotatable bonds is 5. The monoisotopic (exact) mass is 461 g/mol. The van der Waals surface area contributed by atoms with Gasteiger partial charge in [-0.05, 0) is 59.9 Å². The van der Waals surface area contributed by atoms with Crippen LogP contribution < -0.4 is 4.90 Å². The third kappa shape index (κ3) is 3.55. The van der Waals surface area contributed by atoms with Gasteiger partial charge in [0, 0.05) is 23.3 Å². The highest BCUT2D eigenvalue weighted by molar-refractivity contribution is 8.26. The molecule has 1 aliphatic carbocycles. The summed E-state index contributed by atoms with van der Waals surface area (Å²) >= 11 is 6.36. The van der Waals surface area contributed by atoms with Crippen molar-refractivity contribution in [3.05, 3.63) is 70.6 Å². The summed E-state index contributed by atoms with van der Waals surface area (Å²) < 4.78 is 0.282. The van der Waals surface area contributed by atoms with Gasteiger partial charge < -0.3 is 10.0 Å². The number of thioether (sulfide) groups is 1. The lowest BCUT2D eigenvalue weighted by molar-refractivity contribution is -0.140. The van der Waals surface area contributed by atoms with E-state index >= 15 is 0 Å². The molecule has 5 nitrogen and oxygen atoms in total. The summed E-state index contributed by atoms with van der Waals surface area (Å²) in [6, 6.07) is 15.0. The Morgan fingerprint density at radius 2 is 1.94 bits per heavy atom. The van der Waals surface area contributed by atoms with Crippen LogP contribution >= 0.6 is 24.0 Å². The first-order valence-electron chi connectivity index (χ1n) is 10.5. The number of thiocarbonyl (C=S) groups is 1. The summed E-state index contributed by atoms with van der Waals surface area (Å²) in [5.74, 6) is -0.967. The van der Waals surface area contributed by atoms with E-state index < -0.39 is 12.5 Å². The predicted octanol–water partition coefficient (Wildman–Crippen LogP) is 5.21. The molecular weight excluding hydrogens is 440 g/mol. The van der Waals surface area contributed by atoms with Crippen LogP contribution in [0.3, 0.4) is 0 Å². The second-order valence-corrected chi connectivity index (χ2v) is 9.89. The molecule has 0 bridgehead atoms. The van der Waals surface area contributed by atoms with E-state index in [1.807, 2.05) is 24.3 Å². The first-order chi connectivity index (χ1) is 15.5. The Morgan fingerprint density at radius 1 is 1.19 bits per heavy atom. The predicted molar refractivity (Wildman–Crippen MR) is 132 cm³/mol. The molecule has 2 aromatic carbocycles. The molecule has 2 aromatic rings. The average Bonchev–Trinajstić information content (AvgIpc) is 3.44. The van der Waals surface area contributed by atoms with Crippen LogP contribution in [0.1, 0.15) is 41.9 Å². The fourth-order valence-electron chi connectivity index (χ4n) is 4.97. The van der Waals surface area contributed by atoms with E-state index in [0.717, 1.165) is 46.3 Å². The van der Waals surface area contributed by atoms with Crippen LogP contribution in [0.15, 0.2) is 47.4 Å². The molecule has 5 rings (SSSR count). The molecule has 161 valence electrons. The van der Waals surface area contributed by atoms with E-state index in [1.54, 1.807) is 6.08 Å². The number of amides is 1. The highest BCUT2D eigenvalue weighted by atomic mass is 32.2. The van der Waals surface area contributed by atoms with Gasteiger partial charge in [0.05, 0.1) is 4.91 Å². The number of hydrogen-bond donors (Lipinski definition) is 1. The molecule has 7 heteroatoms. The van der Waals surface area contributed by atoms with Gasteiger partial charge in [-0.25, -0.2) is 0 Å². The largest absolute Gasteiger partial charge is 0.480 e. The standard InChI is InChI=1S/C25H21N2O3S2/c1-2-15-6-9-17(10-7-15)27-20-5-3-4-18(20)19-12-16(8-11-21(19)27)13-22-24(30)26(14-23(28)29)25(31)32-22/h1-2,6-13,18,20H,3-5,14H2,(H,28,29)/b2-1?,22-13-. The maximum atomic E-state index is 12.6. The minimum absolute atomic E-state index is 0.282. The van der Waals surface area contributed by atoms with Gasteiger partial charge in [-0.15, -0.1) is 0 Å². The molecule has 3 aliphatic rings. The van der Waals surface area contributed by atoms with Crippen molar-refractivity contribution in [1.29, 1.82) is 0 Å². The van der Waals surface area contributed by atoms with Gasteiger partial charge in [0.2, 0.25) is 0 Å². The number of nitrogens with zero attached hydrogens (tertiary/aromatic N) is 2. The Balaban J connectivity index is 1.48. The number of carbonyl (C=O) groups excluding carboxylic acids is 1. The van der Waals surface area contributed by atoms with E-state index in [4.69, 9.17) is 23.9 Å². The van der Waals surface area contributed by atoms with Gasteiger partial charge in [-0.1, -0.05) is 61.3 Å². The zero-order valence-electron chi connectivity index (χ0n) is 17.2. The molecule has 1 N–H and O–H groups in total. The third-order valence-corrected chi connectivity index (χ3v) is 7.73. The Bertz CT molecular complexity index is 1170. The topological polar surface area (TPSA) is 60.9 Å². The summed E-state index contributed by atoms with van der Waals surface area (Å²) in [6.45, 7) is 5.23. The zero-order valence-corrected chi connectivity index (χ0v) is 18.9. The second-order valence-electron chi connectivity index (χ2n) is 8.21. The summed E-state index contributed by atoms with van der Waals surface area (Å²) in [4.78, 5) is 27.7. The van der Waals surface area contributed by atoms with Gasteiger partial charge in [-0.2, -0.15) is 0 Å². The molecule has 1 saturated heterocycles. The summed E-state index contributed by atoms with van der Waals surface area (Å²) in [6.07, 6.45) is 6.91. The van der Waals surface area contributed by atoms with Crippen LogP contribution in [0.2, 0.25) is 0 Å². The lowest BCUT2D eigenvalue weighted by Crippen LogP contribution is -2.33. The van der Waals surface area contributed by atoms with Crippen molar-refractivity contribution in [2.75, 3.05) is 11.4 Å². The van der Waals surface area contributed by atoms with E-state index in [0.29, 0.717) is 16.9 Å². The molecule has 0 aromatic heterocycles. The highest BCUT2D eigenvalue weighted by Gasteiger charge is 2.42. The van der Waals surface area contributed by atoms with Crippen LogP contribution in [0, 0.1) is 6.58 Å². The van der Waals surface area contributed by atoms with E-state index in [9.17, 15) is 9.59 Å². The fraction of sp³-hybridized carbons (Fsp3) is 0.240. The summed E-state index contributed by atoms with van der Waals surface area (Å²) in [5, 5.41) is 9.03. The van der Waals surface area contributed by atoms with Crippen LogP contribution in [-0.4, -0.2) is 38.8 Å². The number of hydrogen-bond acceptors (Lipinski definition) is 5. The molecule has 2 heterocycles. The smallest absolute Gasteiger partial charge is 0.323 e. The van der Waals surface area contributed by atoms with Crippen molar-refractivity contribution in [1.82, 2.24) is 4.90 Å². The summed E-state index contributed by atoms with van der Waals surface area (Å²) in [5.41, 5.74) is 5.59. The highest BCUT2D eigenvalue weighted by Crippen LogP contribution is 2.52. The van der Waals surface area contributed by atoms with Gasteiger partial charge in [0.15, 0.2) is 0 Å². The van der Waals surface area contributed by atoms with Gasteiger partial charge >= 0.3 is 5.97 Å². The Hall–Kier alpha value is -2.90. The maximum Gasteiger partial charge on any atom is 0.323 e. The van der Waals surface area contributed by atoms with Crippen molar-refractivity contribution in [2.45, 2.75) is 31.2 Å². The van der Waals surface area contributed by atoms with Crippen LogP contribution in [-0.2, 0) is 9.59 Å². The number of benzene rings is 2.